The summed E-state index contributed by atoms with van der Waals surface area (Å²) < 4.78 is 0. The van der Waals surface area contributed by atoms with Gasteiger partial charge in [0.05, 0.1) is 0 Å². The molecule has 2 heteroatoms. The maximum atomic E-state index is 10.4. The normalized spacial score (nSPS) is 9.88. The first-order chi connectivity index (χ1) is 2.94. The molecule has 0 atom stereocenters. The van der Waals surface area contributed by atoms with Gasteiger partial charge in [-0.1, -0.05) is 20.8 Å². The first-order valence-electron chi connectivity index (χ1n) is 2.31. The SMILES string of the molecule is C=C([O-])C(C)(C)C.[Li-]. The Balaban J connectivity index is 0. The summed E-state index contributed by atoms with van der Waals surface area (Å²) in [5.41, 5.74) is -0.250. The summed E-state index contributed by atoms with van der Waals surface area (Å²) in [6, 6.07) is 0. The Morgan fingerprint density at radius 2 is 1.50 bits per heavy atom. The largest absolute Gasteiger partial charge is 1.00 e. The number of hydrogen-bond donors (Lipinski definition) is 0. The molecule has 0 saturated carbocycles. The van der Waals surface area contributed by atoms with Crippen LogP contribution < -0.4 is 5.11 Å². The summed E-state index contributed by atoms with van der Waals surface area (Å²) in [5.74, 6) is -0.00694. The zero-order valence-corrected chi connectivity index (χ0v) is 6.12. The summed E-state index contributed by atoms with van der Waals surface area (Å²) in [4.78, 5) is 0. The van der Waals surface area contributed by atoms with Gasteiger partial charge in [-0.05, 0) is 5.41 Å². The van der Waals surface area contributed by atoms with Gasteiger partial charge in [-0.15, -0.1) is 12.3 Å². The van der Waals surface area contributed by atoms with Crippen LogP contribution in [0.5, 0.6) is 0 Å². The van der Waals surface area contributed by atoms with Crippen molar-refractivity contribution in [2.24, 2.45) is 5.41 Å². The minimum absolute atomic E-state index is 0. The fourth-order valence-corrected chi connectivity index (χ4v) is 0. The maximum absolute atomic E-state index is 10.4. The summed E-state index contributed by atoms with van der Waals surface area (Å²) in [6.45, 7) is 8.82. The topological polar surface area (TPSA) is 23.1 Å². The predicted octanol–water partition coefficient (Wildman–Crippen LogP) is 0.526. The Bertz CT molecular complexity index is 81.0. The van der Waals surface area contributed by atoms with Crippen molar-refractivity contribution in [1.29, 1.82) is 0 Å². The van der Waals surface area contributed by atoms with E-state index in [1.807, 2.05) is 20.8 Å². The van der Waals surface area contributed by atoms with Gasteiger partial charge in [-0.3, -0.25) is 0 Å². The quantitative estimate of drug-likeness (QED) is 0.326. The summed E-state index contributed by atoms with van der Waals surface area (Å²) in [7, 11) is 0. The second-order valence-electron chi connectivity index (χ2n) is 2.67. The molecule has 44 valence electrons. The Hall–Kier alpha value is 0.137. The van der Waals surface area contributed by atoms with Gasteiger partial charge < -0.3 is 24.0 Å². The molecule has 1 nitrogen and oxygen atoms in total. The van der Waals surface area contributed by atoms with Gasteiger partial charge in [0.15, 0.2) is 0 Å². The Morgan fingerprint density at radius 1 is 1.38 bits per heavy atom. The summed E-state index contributed by atoms with van der Waals surface area (Å²) in [6.07, 6.45) is 0. The fraction of sp³-hybridized carbons (Fsp3) is 0.667. The molecule has 0 bridgehead atoms. The van der Waals surface area contributed by atoms with Crippen LogP contribution in [-0.2, 0) is 0 Å². The van der Waals surface area contributed by atoms with Crippen molar-refractivity contribution in [2.75, 3.05) is 0 Å². The first-order valence-corrected chi connectivity index (χ1v) is 2.31. The first kappa shape index (κ1) is 11.0. The maximum Gasteiger partial charge on any atom is -0.0280 e. The van der Waals surface area contributed by atoms with E-state index in [0.717, 1.165) is 0 Å². The second-order valence-corrected chi connectivity index (χ2v) is 2.67. The molecule has 0 heterocycles. The van der Waals surface area contributed by atoms with Gasteiger partial charge in [0.25, 0.3) is 0 Å². The monoisotopic (exact) mass is 106 g/mol. The van der Waals surface area contributed by atoms with Crippen LogP contribution in [0.4, 0.5) is 0 Å². The van der Waals surface area contributed by atoms with Crippen LogP contribution in [-0.4, -0.2) is 18.9 Å². The van der Waals surface area contributed by atoms with Crippen LogP contribution in [0.3, 0.4) is 0 Å². The van der Waals surface area contributed by atoms with Crippen LogP contribution in [0, 0.1) is 5.41 Å². The molecular formula is C6H11LiO-2. The van der Waals surface area contributed by atoms with Gasteiger partial charge in [0.1, 0.15) is 0 Å². The van der Waals surface area contributed by atoms with Crippen LogP contribution in [0.25, 0.3) is 0 Å². The van der Waals surface area contributed by atoms with Crippen LogP contribution in [0.1, 0.15) is 20.8 Å². The van der Waals surface area contributed by atoms with Gasteiger partial charge in [0.2, 0.25) is 0 Å². The molecule has 0 rings (SSSR count). The molecule has 0 fully saturated rings. The molecule has 0 saturated heterocycles. The molecule has 0 aromatic heterocycles. The van der Waals surface area contributed by atoms with Crippen LogP contribution in [0.15, 0.2) is 12.3 Å². The number of allylic oxidation sites excluding steroid dienone is 1. The Kier molecular flexibility index (Phi) is 4.43. The van der Waals surface area contributed by atoms with Crippen molar-refractivity contribution in [3.05, 3.63) is 12.3 Å². The molecule has 2 radical (unpaired) electrons. The van der Waals surface area contributed by atoms with Crippen molar-refractivity contribution in [3.63, 3.8) is 0 Å². The predicted molar refractivity (Wildman–Crippen MR) is 34.3 cm³/mol. The van der Waals surface area contributed by atoms with Gasteiger partial charge >= 0.3 is 0 Å². The molecule has 0 spiro atoms. The average molecular weight is 106 g/mol. The summed E-state index contributed by atoms with van der Waals surface area (Å²) in [5, 5.41) is 10.4. The molecule has 0 amide bonds. The van der Waals surface area contributed by atoms with Crippen molar-refractivity contribution >= 4 is 18.9 Å². The molecule has 0 aliphatic heterocycles. The number of hydrogen-bond acceptors (Lipinski definition) is 1. The fourth-order valence-electron chi connectivity index (χ4n) is 0. The third kappa shape index (κ3) is 4.30. The molecule has 0 aromatic carbocycles. The standard InChI is InChI=1S/C6H12O.Li/c1-5(7)6(2,3)4;/h7H,1H2,2-4H3;/q;-1/p-1. The third-order valence-electron chi connectivity index (χ3n) is 0.837. The molecular weight excluding hydrogens is 95.0 g/mol. The third-order valence-corrected chi connectivity index (χ3v) is 0.837. The van der Waals surface area contributed by atoms with E-state index in [1.54, 1.807) is 0 Å². The molecule has 0 unspecified atom stereocenters. The minimum atomic E-state index is -0.250. The van der Waals surface area contributed by atoms with Crippen molar-refractivity contribution in [3.8, 4) is 0 Å². The zero-order valence-electron chi connectivity index (χ0n) is 6.12. The van der Waals surface area contributed by atoms with Gasteiger partial charge in [-0.2, -0.15) is 0 Å². The van der Waals surface area contributed by atoms with E-state index in [4.69, 9.17) is 0 Å². The van der Waals surface area contributed by atoms with E-state index in [0.29, 0.717) is 0 Å². The van der Waals surface area contributed by atoms with Gasteiger partial charge in [-0.25, -0.2) is 0 Å². The van der Waals surface area contributed by atoms with Crippen LogP contribution in [0.2, 0.25) is 0 Å². The van der Waals surface area contributed by atoms with E-state index < -0.39 is 0 Å². The van der Waals surface area contributed by atoms with E-state index in [9.17, 15) is 5.11 Å². The minimum Gasteiger partial charge on any atom is -1.00 e. The van der Waals surface area contributed by atoms with Crippen LogP contribution >= 0.6 is 0 Å². The zero-order chi connectivity index (χ0) is 6.08. The molecule has 0 aromatic rings. The summed E-state index contributed by atoms with van der Waals surface area (Å²) >= 11 is 0. The Labute approximate surface area is 63.0 Å². The van der Waals surface area contributed by atoms with Crippen molar-refractivity contribution in [2.45, 2.75) is 20.8 Å². The Morgan fingerprint density at radius 3 is 1.50 bits per heavy atom. The smallest absolute Gasteiger partial charge is 0.0280 e. The average Bonchev–Trinajstić information content (AvgIpc) is 1.31. The molecule has 0 aliphatic carbocycles. The van der Waals surface area contributed by atoms with E-state index in [2.05, 4.69) is 6.58 Å². The van der Waals surface area contributed by atoms with E-state index in [-0.39, 0.29) is 30.0 Å². The van der Waals surface area contributed by atoms with Gasteiger partial charge in [0, 0.05) is 0 Å². The number of rotatable bonds is 0. The molecule has 0 N–H and O–H groups in total. The van der Waals surface area contributed by atoms with Crippen molar-refractivity contribution in [1.82, 2.24) is 0 Å². The van der Waals surface area contributed by atoms with E-state index >= 15 is 0 Å². The van der Waals surface area contributed by atoms with E-state index in [1.165, 1.54) is 0 Å². The second kappa shape index (κ2) is 3.22. The van der Waals surface area contributed by atoms with Crippen molar-refractivity contribution < 1.29 is 5.11 Å². The molecule has 8 heavy (non-hydrogen) atoms. The molecule has 0 aliphatic rings.